The Bertz CT molecular complexity index is 564. The Kier molecular flexibility index (Phi) is 2.30. The summed E-state index contributed by atoms with van der Waals surface area (Å²) < 4.78 is 27.9. The van der Waals surface area contributed by atoms with Crippen LogP contribution in [0.15, 0.2) is 10.6 Å². The number of hydrogen-bond donors (Lipinski definition) is 2. The van der Waals surface area contributed by atoms with Crippen LogP contribution in [0, 0.1) is 0 Å². The summed E-state index contributed by atoms with van der Waals surface area (Å²) in [6.45, 7) is 3.91. The molecule has 0 amide bonds. The predicted octanol–water partition coefficient (Wildman–Crippen LogP) is -0.0244. The number of fused-ring (bicyclic) bond motifs is 1. The Morgan fingerprint density at radius 2 is 2.12 bits per heavy atom. The van der Waals surface area contributed by atoms with Crippen LogP contribution in [0.1, 0.15) is 31.2 Å². The lowest BCUT2D eigenvalue weighted by Crippen LogP contribution is -2.28. The lowest BCUT2D eigenvalue weighted by atomic mass is 10.1. The average Bonchev–Trinajstić information content (AvgIpc) is 2.15. The molecule has 7 nitrogen and oxygen atoms in total. The monoisotopic (exact) mass is 241 g/mol. The third-order valence-electron chi connectivity index (χ3n) is 2.07. The van der Waals surface area contributed by atoms with Crippen molar-refractivity contribution >= 4 is 21.9 Å². The molecular formula is C8H11N5O2S. The molecule has 0 saturated heterocycles. The van der Waals surface area contributed by atoms with Gasteiger partial charge in [-0.2, -0.15) is 8.42 Å². The van der Waals surface area contributed by atoms with Crippen molar-refractivity contribution in [3.8, 4) is 0 Å². The Morgan fingerprint density at radius 1 is 1.44 bits per heavy atom. The zero-order valence-corrected chi connectivity index (χ0v) is 9.61. The Morgan fingerprint density at radius 3 is 2.75 bits per heavy atom. The fourth-order valence-electron chi connectivity index (χ4n) is 1.25. The van der Waals surface area contributed by atoms with Crippen LogP contribution in [-0.4, -0.2) is 24.2 Å². The maximum absolute atomic E-state index is 11.2. The molecule has 0 saturated carbocycles. The molecule has 0 bridgehead atoms. The van der Waals surface area contributed by atoms with Gasteiger partial charge in [-0.25, -0.2) is 14.7 Å². The van der Waals surface area contributed by atoms with E-state index < -0.39 is 10.2 Å². The number of nitrogens with zero attached hydrogens (tertiary/aromatic N) is 3. The second kappa shape index (κ2) is 3.41. The lowest BCUT2D eigenvalue weighted by molar-refractivity contribution is 0.602. The van der Waals surface area contributed by atoms with Gasteiger partial charge < -0.3 is 5.73 Å². The molecule has 1 aromatic heterocycles. The maximum atomic E-state index is 11.2. The second-order valence-corrected chi connectivity index (χ2v) is 5.04. The molecule has 0 spiro atoms. The van der Waals surface area contributed by atoms with Gasteiger partial charge in [-0.1, -0.05) is 13.8 Å². The Labute approximate surface area is 93.0 Å². The van der Waals surface area contributed by atoms with Gasteiger partial charge in [-0.3, -0.25) is 0 Å². The van der Waals surface area contributed by atoms with Crippen molar-refractivity contribution in [3.05, 3.63) is 17.6 Å². The summed E-state index contributed by atoms with van der Waals surface area (Å²) in [6.07, 6.45) is 1.52. The topological polar surface area (TPSA) is 110 Å². The molecule has 0 aromatic carbocycles. The molecule has 86 valence electrons. The highest BCUT2D eigenvalue weighted by Crippen LogP contribution is 2.20. The first kappa shape index (κ1) is 10.8. The molecule has 1 aromatic rings. The quantitative estimate of drug-likeness (QED) is 0.717. The summed E-state index contributed by atoms with van der Waals surface area (Å²) in [5.41, 5.74) is 6.53. The largest absolute Gasteiger partial charge is 0.381 e. The van der Waals surface area contributed by atoms with Crippen molar-refractivity contribution in [1.29, 1.82) is 0 Å². The Balaban J connectivity index is 2.58. The summed E-state index contributed by atoms with van der Waals surface area (Å²) >= 11 is 0. The van der Waals surface area contributed by atoms with Crippen LogP contribution < -0.4 is 10.5 Å². The van der Waals surface area contributed by atoms with Gasteiger partial charge in [0.15, 0.2) is 11.7 Å². The number of aromatic nitrogens is 2. The number of anilines is 1. The number of amidine groups is 1. The molecular weight excluding hydrogens is 230 g/mol. The molecule has 8 heteroatoms. The average molecular weight is 241 g/mol. The number of hydrogen-bond acceptors (Lipinski definition) is 5. The van der Waals surface area contributed by atoms with Crippen molar-refractivity contribution in [2.45, 2.75) is 19.8 Å². The summed E-state index contributed by atoms with van der Waals surface area (Å²) in [7, 11) is -3.77. The fourth-order valence-corrected chi connectivity index (χ4v) is 2.04. The van der Waals surface area contributed by atoms with Gasteiger partial charge in [-0.05, 0) is 5.92 Å². The molecule has 0 atom stereocenters. The lowest BCUT2D eigenvalue weighted by Gasteiger charge is -2.15. The van der Waals surface area contributed by atoms with Gasteiger partial charge in [-0.15, -0.1) is 4.40 Å². The van der Waals surface area contributed by atoms with E-state index in [1.54, 1.807) is 0 Å². The molecule has 1 aliphatic rings. The summed E-state index contributed by atoms with van der Waals surface area (Å²) in [4.78, 5) is 8.19. The first-order valence-electron chi connectivity index (χ1n) is 4.64. The molecule has 2 heterocycles. The minimum absolute atomic E-state index is 0.122. The van der Waals surface area contributed by atoms with Crippen LogP contribution >= 0.6 is 0 Å². The van der Waals surface area contributed by atoms with Gasteiger partial charge in [0.25, 0.3) is 0 Å². The van der Waals surface area contributed by atoms with E-state index in [1.165, 1.54) is 6.20 Å². The van der Waals surface area contributed by atoms with Crippen LogP contribution in [0.2, 0.25) is 0 Å². The van der Waals surface area contributed by atoms with Crippen molar-refractivity contribution in [2.24, 2.45) is 10.1 Å². The van der Waals surface area contributed by atoms with Gasteiger partial charge in [0, 0.05) is 0 Å². The van der Waals surface area contributed by atoms with Gasteiger partial charge in [0.1, 0.15) is 5.69 Å². The summed E-state index contributed by atoms with van der Waals surface area (Å²) in [5.74, 6) is 0.171. The predicted molar refractivity (Wildman–Crippen MR) is 59.4 cm³/mol. The zero-order valence-electron chi connectivity index (χ0n) is 8.80. The van der Waals surface area contributed by atoms with Crippen molar-refractivity contribution in [3.63, 3.8) is 0 Å². The molecule has 0 radical (unpaired) electrons. The minimum Gasteiger partial charge on any atom is -0.381 e. The van der Waals surface area contributed by atoms with Crippen LogP contribution in [0.3, 0.4) is 0 Å². The summed E-state index contributed by atoms with van der Waals surface area (Å²) in [6, 6.07) is 0. The summed E-state index contributed by atoms with van der Waals surface area (Å²) in [5, 5.41) is 0. The van der Waals surface area contributed by atoms with Crippen molar-refractivity contribution < 1.29 is 8.42 Å². The first-order chi connectivity index (χ1) is 7.39. The van der Waals surface area contributed by atoms with E-state index in [0.29, 0.717) is 0 Å². The zero-order chi connectivity index (χ0) is 11.9. The van der Waals surface area contributed by atoms with Gasteiger partial charge in [0.05, 0.1) is 11.9 Å². The van der Waals surface area contributed by atoms with Crippen molar-refractivity contribution in [1.82, 2.24) is 9.97 Å². The number of nitrogens with one attached hydrogen (secondary N) is 1. The second-order valence-electron chi connectivity index (χ2n) is 3.70. The molecule has 3 N–H and O–H groups in total. The smallest absolute Gasteiger partial charge is 0.345 e. The van der Waals surface area contributed by atoms with E-state index in [-0.39, 0.29) is 23.3 Å². The molecule has 16 heavy (non-hydrogen) atoms. The molecule has 0 fully saturated rings. The third kappa shape index (κ3) is 1.83. The van der Waals surface area contributed by atoms with E-state index in [9.17, 15) is 8.42 Å². The highest BCUT2D eigenvalue weighted by Gasteiger charge is 2.24. The Hall–Kier alpha value is -1.70. The van der Waals surface area contributed by atoms with E-state index in [4.69, 9.17) is 5.73 Å². The highest BCUT2D eigenvalue weighted by molar-refractivity contribution is 7.91. The third-order valence-corrected chi connectivity index (χ3v) is 2.96. The number of nitrogens with two attached hydrogens (primary N) is 1. The maximum Gasteiger partial charge on any atom is 0.345 e. The fraction of sp³-hybridized carbons (Fsp3) is 0.375. The number of rotatable bonds is 1. The van der Waals surface area contributed by atoms with Gasteiger partial charge >= 0.3 is 10.2 Å². The van der Waals surface area contributed by atoms with Crippen molar-refractivity contribution in [2.75, 3.05) is 4.72 Å². The molecule has 2 rings (SSSR count). The van der Waals surface area contributed by atoms with Crippen LogP contribution in [0.25, 0.3) is 0 Å². The molecule has 1 aliphatic heterocycles. The van der Waals surface area contributed by atoms with E-state index in [2.05, 4.69) is 19.1 Å². The van der Waals surface area contributed by atoms with E-state index >= 15 is 0 Å². The van der Waals surface area contributed by atoms with Gasteiger partial charge in [0.2, 0.25) is 0 Å². The highest BCUT2D eigenvalue weighted by atomic mass is 32.2. The minimum atomic E-state index is -3.77. The SMILES string of the molecule is CC(C)c1cnc2c(n1)C(N)=NS(=O)(=O)N2. The molecule has 0 aliphatic carbocycles. The van der Waals surface area contributed by atoms with Crippen LogP contribution in [0.5, 0.6) is 0 Å². The van der Waals surface area contributed by atoms with E-state index in [1.807, 2.05) is 13.8 Å². The van der Waals surface area contributed by atoms with E-state index in [0.717, 1.165) is 5.69 Å². The normalized spacial score (nSPS) is 17.6. The molecule has 0 unspecified atom stereocenters. The first-order valence-corrected chi connectivity index (χ1v) is 6.08. The van der Waals surface area contributed by atoms with Crippen LogP contribution in [-0.2, 0) is 10.2 Å². The van der Waals surface area contributed by atoms with Crippen LogP contribution in [0.4, 0.5) is 5.82 Å². The standard InChI is InChI=1S/C8H11N5O2S/c1-4(2)5-3-10-8-6(11-5)7(9)12-16(14,15)13-8/h3-4H,1-2H3,(H2,9,12)(H,10,13).